The Morgan fingerprint density at radius 2 is 1.96 bits per heavy atom. The zero-order chi connectivity index (χ0) is 19.9. The van der Waals surface area contributed by atoms with Crippen LogP contribution in [-0.4, -0.2) is 24.3 Å². The maximum Gasteiger partial charge on any atom is 0.365 e. The highest BCUT2D eigenvalue weighted by atomic mass is 35.5. The second kappa shape index (κ2) is 9.23. The Morgan fingerprint density at radius 1 is 1.18 bits per heavy atom. The lowest BCUT2D eigenvalue weighted by molar-refractivity contribution is -0.116. The van der Waals surface area contributed by atoms with E-state index in [0.717, 1.165) is 17.0 Å². The summed E-state index contributed by atoms with van der Waals surface area (Å²) in [6, 6.07) is 11.9. The molecule has 146 valence electrons. The van der Waals surface area contributed by atoms with Gasteiger partial charge < -0.3 is 20.6 Å². The van der Waals surface area contributed by atoms with Crippen LogP contribution in [0.25, 0.3) is 0 Å². The average Bonchev–Trinajstić information content (AvgIpc) is 2.70. The minimum absolute atomic E-state index is 0.0349. The molecule has 0 saturated carbocycles. The number of rotatable bonds is 7. The van der Waals surface area contributed by atoms with Gasteiger partial charge in [-0.25, -0.2) is 4.79 Å². The Labute approximate surface area is 167 Å². The Balaban J connectivity index is 1.41. The molecule has 7 nitrogen and oxygen atoms in total. The van der Waals surface area contributed by atoms with E-state index in [9.17, 15) is 9.59 Å². The van der Waals surface area contributed by atoms with Crippen molar-refractivity contribution in [3.05, 3.63) is 58.6 Å². The van der Waals surface area contributed by atoms with E-state index in [1.807, 2.05) is 18.2 Å². The molecule has 0 unspecified atom stereocenters. The second-order valence-corrected chi connectivity index (χ2v) is 6.72. The molecule has 0 bridgehead atoms. The summed E-state index contributed by atoms with van der Waals surface area (Å²) in [4.78, 5) is 28.0. The first-order valence-electron chi connectivity index (χ1n) is 8.86. The standard InChI is InChI=1S/C20H20ClN3O4/c21-15-6-3-13(4-7-15)20(26)28-24-18(22)2-1-11-27-16-8-9-17-14(12-16)5-10-19(25)23-17/h3-4,6-9,12H,1-2,5,10-11H2,(H2,22,24)(H,23,25). The number of oxime groups is 1. The van der Waals surface area contributed by atoms with Gasteiger partial charge >= 0.3 is 5.97 Å². The summed E-state index contributed by atoms with van der Waals surface area (Å²) in [5, 5.41) is 7.01. The van der Waals surface area contributed by atoms with Crippen molar-refractivity contribution in [3.63, 3.8) is 0 Å². The molecular formula is C20H20ClN3O4. The number of carbonyl (C=O) groups excluding carboxylic acids is 2. The third kappa shape index (κ3) is 5.47. The van der Waals surface area contributed by atoms with Crippen molar-refractivity contribution in [1.82, 2.24) is 0 Å². The summed E-state index contributed by atoms with van der Waals surface area (Å²) in [6.45, 7) is 0.437. The molecule has 0 fully saturated rings. The van der Waals surface area contributed by atoms with Crippen molar-refractivity contribution < 1.29 is 19.2 Å². The second-order valence-electron chi connectivity index (χ2n) is 6.29. The van der Waals surface area contributed by atoms with Gasteiger partial charge in [-0.2, -0.15) is 0 Å². The van der Waals surface area contributed by atoms with Gasteiger partial charge in [0.2, 0.25) is 5.91 Å². The van der Waals surface area contributed by atoms with Crippen molar-refractivity contribution in [2.45, 2.75) is 25.7 Å². The maximum atomic E-state index is 11.8. The Morgan fingerprint density at radius 3 is 2.75 bits per heavy atom. The van der Waals surface area contributed by atoms with Gasteiger partial charge in [0.25, 0.3) is 0 Å². The van der Waals surface area contributed by atoms with E-state index in [4.69, 9.17) is 26.9 Å². The van der Waals surface area contributed by atoms with E-state index < -0.39 is 5.97 Å². The number of anilines is 1. The molecule has 0 saturated heterocycles. The summed E-state index contributed by atoms with van der Waals surface area (Å²) in [7, 11) is 0. The number of amides is 1. The van der Waals surface area contributed by atoms with Crippen LogP contribution in [0.3, 0.4) is 0 Å². The highest BCUT2D eigenvalue weighted by molar-refractivity contribution is 6.30. The number of nitrogens with one attached hydrogen (secondary N) is 1. The number of nitrogens with zero attached hydrogens (tertiary/aromatic N) is 1. The molecule has 2 aromatic rings. The van der Waals surface area contributed by atoms with Crippen molar-refractivity contribution in [2.24, 2.45) is 10.9 Å². The van der Waals surface area contributed by atoms with Crippen LogP contribution in [0.5, 0.6) is 5.75 Å². The number of aryl methyl sites for hydroxylation is 1. The van der Waals surface area contributed by atoms with Gasteiger partial charge in [-0.15, -0.1) is 0 Å². The fourth-order valence-electron chi connectivity index (χ4n) is 2.68. The van der Waals surface area contributed by atoms with E-state index >= 15 is 0 Å². The first-order chi connectivity index (χ1) is 13.5. The number of ether oxygens (including phenoxy) is 1. The van der Waals surface area contributed by atoms with Crippen LogP contribution in [0.15, 0.2) is 47.6 Å². The van der Waals surface area contributed by atoms with Gasteiger partial charge in [-0.05, 0) is 60.9 Å². The normalized spacial score (nSPS) is 13.5. The summed E-state index contributed by atoms with van der Waals surface area (Å²) in [5.74, 6) is 0.378. The van der Waals surface area contributed by atoms with Crippen LogP contribution < -0.4 is 15.8 Å². The molecular weight excluding hydrogens is 382 g/mol. The van der Waals surface area contributed by atoms with Crippen molar-refractivity contribution in [2.75, 3.05) is 11.9 Å². The summed E-state index contributed by atoms with van der Waals surface area (Å²) in [5.41, 5.74) is 8.00. The van der Waals surface area contributed by atoms with Crippen LogP contribution in [0, 0.1) is 0 Å². The minimum atomic E-state index is -0.600. The zero-order valence-corrected chi connectivity index (χ0v) is 15.9. The van der Waals surface area contributed by atoms with Gasteiger partial charge in [-0.3, -0.25) is 4.79 Å². The minimum Gasteiger partial charge on any atom is -0.494 e. The third-order valence-electron chi connectivity index (χ3n) is 4.14. The Kier molecular flexibility index (Phi) is 6.49. The van der Waals surface area contributed by atoms with Gasteiger partial charge in [-0.1, -0.05) is 16.8 Å². The molecule has 0 radical (unpaired) electrons. The predicted octanol–water partition coefficient (Wildman–Crippen LogP) is 3.51. The zero-order valence-electron chi connectivity index (χ0n) is 15.1. The summed E-state index contributed by atoms with van der Waals surface area (Å²) >= 11 is 5.77. The summed E-state index contributed by atoms with van der Waals surface area (Å²) in [6.07, 6.45) is 2.23. The molecule has 1 aliphatic rings. The van der Waals surface area contributed by atoms with E-state index in [1.165, 1.54) is 0 Å². The smallest absolute Gasteiger partial charge is 0.365 e. The van der Waals surface area contributed by atoms with Crippen molar-refractivity contribution >= 4 is 35.0 Å². The lowest BCUT2D eigenvalue weighted by atomic mass is 10.0. The molecule has 3 N–H and O–H groups in total. The van der Waals surface area contributed by atoms with E-state index in [0.29, 0.717) is 42.9 Å². The molecule has 3 rings (SSSR count). The Hall–Kier alpha value is -3.06. The van der Waals surface area contributed by atoms with E-state index in [1.54, 1.807) is 24.3 Å². The van der Waals surface area contributed by atoms with Crippen LogP contribution in [0.2, 0.25) is 5.02 Å². The third-order valence-corrected chi connectivity index (χ3v) is 4.40. The molecule has 0 atom stereocenters. The highest BCUT2D eigenvalue weighted by Crippen LogP contribution is 2.26. The molecule has 28 heavy (non-hydrogen) atoms. The molecule has 1 amide bonds. The van der Waals surface area contributed by atoms with Gasteiger partial charge in [0, 0.05) is 23.6 Å². The molecule has 8 heteroatoms. The van der Waals surface area contributed by atoms with Crippen LogP contribution >= 0.6 is 11.6 Å². The number of carbonyl (C=O) groups is 2. The monoisotopic (exact) mass is 401 g/mol. The molecule has 1 aliphatic heterocycles. The van der Waals surface area contributed by atoms with Crippen LogP contribution in [0.1, 0.15) is 35.2 Å². The van der Waals surface area contributed by atoms with Gasteiger partial charge in [0.1, 0.15) is 11.6 Å². The highest BCUT2D eigenvalue weighted by Gasteiger charge is 2.15. The lowest BCUT2D eigenvalue weighted by Crippen LogP contribution is -2.18. The Bertz CT molecular complexity index is 897. The van der Waals surface area contributed by atoms with Crippen LogP contribution in [0.4, 0.5) is 5.69 Å². The first-order valence-corrected chi connectivity index (χ1v) is 9.24. The largest absolute Gasteiger partial charge is 0.494 e. The van der Waals surface area contributed by atoms with Crippen molar-refractivity contribution in [3.8, 4) is 5.75 Å². The number of hydrogen-bond acceptors (Lipinski definition) is 5. The fraction of sp³-hybridized carbons (Fsp3) is 0.250. The topological polar surface area (TPSA) is 103 Å². The number of amidine groups is 1. The van der Waals surface area contributed by atoms with Crippen molar-refractivity contribution in [1.29, 1.82) is 0 Å². The average molecular weight is 402 g/mol. The number of fused-ring (bicyclic) bond motifs is 1. The number of halogens is 1. The molecule has 1 heterocycles. The first kappa shape index (κ1) is 19.7. The number of hydrogen-bond donors (Lipinski definition) is 2. The summed E-state index contributed by atoms with van der Waals surface area (Å²) < 4.78 is 5.71. The SMILES string of the molecule is N/C(CCCOc1ccc2c(c1)CCC(=O)N2)=N\OC(=O)c1ccc(Cl)cc1. The quantitative estimate of drug-likeness (QED) is 0.243. The molecule has 0 aromatic heterocycles. The lowest BCUT2D eigenvalue weighted by Gasteiger charge is -2.17. The van der Waals surface area contributed by atoms with Gasteiger partial charge in [0.05, 0.1) is 12.2 Å². The molecule has 0 aliphatic carbocycles. The maximum absolute atomic E-state index is 11.8. The number of benzene rings is 2. The number of nitrogens with two attached hydrogens (primary N) is 1. The molecule has 2 aromatic carbocycles. The molecule has 0 spiro atoms. The van der Waals surface area contributed by atoms with Crippen LogP contribution in [-0.2, 0) is 16.1 Å². The van der Waals surface area contributed by atoms with Gasteiger partial charge in [0.15, 0.2) is 0 Å². The fourth-order valence-corrected chi connectivity index (χ4v) is 2.80. The van der Waals surface area contributed by atoms with E-state index in [-0.39, 0.29) is 11.7 Å². The predicted molar refractivity (Wildman–Crippen MR) is 107 cm³/mol. The van der Waals surface area contributed by atoms with E-state index in [2.05, 4.69) is 10.5 Å².